The highest BCUT2D eigenvalue weighted by atomic mass is 79.9. The summed E-state index contributed by atoms with van der Waals surface area (Å²) in [6.07, 6.45) is 2.64. The van der Waals surface area contributed by atoms with Crippen molar-refractivity contribution in [2.75, 3.05) is 6.54 Å². The Labute approximate surface area is 104 Å². The minimum atomic E-state index is -0.0153. The summed E-state index contributed by atoms with van der Waals surface area (Å²) in [6.45, 7) is 7.55. The predicted molar refractivity (Wildman–Crippen MR) is 68.7 cm³/mol. The number of halogens is 1. The fourth-order valence-corrected chi connectivity index (χ4v) is 1.70. The fourth-order valence-electron chi connectivity index (χ4n) is 1.38. The van der Waals surface area contributed by atoms with E-state index in [1.807, 2.05) is 6.92 Å². The minimum absolute atomic E-state index is 0.0153. The third-order valence-electron chi connectivity index (χ3n) is 2.65. The Kier molecular flexibility index (Phi) is 5.15. The maximum Gasteiger partial charge on any atom is 0.267 e. The van der Waals surface area contributed by atoms with Gasteiger partial charge in [0, 0.05) is 25.3 Å². The number of aromatic nitrogens is 2. The van der Waals surface area contributed by atoms with E-state index in [-0.39, 0.29) is 5.56 Å². The summed E-state index contributed by atoms with van der Waals surface area (Å²) >= 11 is 3.20. The number of hydrogen-bond acceptors (Lipinski definition) is 3. The minimum Gasteiger partial charge on any atom is -0.312 e. The van der Waals surface area contributed by atoms with Gasteiger partial charge in [0.25, 0.3) is 5.56 Å². The Hall–Kier alpha value is -0.680. The van der Waals surface area contributed by atoms with E-state index in [0.29, 0.717) is 17.1 Å². The number of rotatable bonds is 5. The van der Waals surface area contributed by atoms with Gasteiger partial charge in [0.1, 0.15) is 10.3 Å². The van der Waals surface area contributed by atoms with Crippen LogP contribution in [0, 0.1) is 6.92 Å². The highest BCUT2D eigenvalue weighted by Gasteiger charge is 2.05. The van der Waals surface area contributed by atoms with Gasteiger partial charge >= 0.3 is 0 Å². The molecule has 16 heavy (non-hydrogen) atoms. The molecule has 0 aliphatic rings. The largest absolute Gasteiger partial charge is 0.312 e. The van der Waals surface area contributed by atoms with E-state index < -0.39 is 0 Å². The lowest BCUT2D eigenvalue weighted by atomic mass is 10.2. The van der Waals surface area contributed by atoms with Gasteiger partial charge in [0.05, 0.1) is 0 Å². The van der Waals surface area contributed by atoms with Crippen LogP contribution in [0.2, 0.25) is 0 Å². The molecule has 1 aromatic heterocycles. The summed E-state index contributed by atoms with van der Waals surface area (Å²) in [7, 11) is 0. The average Bonchev–Trinajstić information content (AvgIpc) is 2.28. The van der Waals surface area contributed by atoms with Gasteiger partial charge in [0.2, 0.25) is 0 Å². The van der Waals surface area contributed by atoms with Crippen molar-refractivity contribution in [3.63, 3.8) is 0 Å². The standard InChI is InChI=1S/C11H18BrN3O/c1-4-8(2)13-5-6-15-9(3)14-7-10(12)11(15)16/h7-8,13H,4-6H2,1-3H3. The summed E-state index contributed by atoms with van der Waals surface area (Å²) in [5, 5.41) is 3.35. The van der Waals surface area contributed by atoms with Crippen molar-refractivity contribution in [2.45, 2.75) is 39.8 Å². The van der Waals surface area contributed by atoms with Gasteiger partial charge < -0.3 is 5.32 Å². The molecule has 1 heterocycles. The van der Waals surface area contributed by atoms with E-state index in [9.17, 15) is 4.79 Å². The van der Waals surface area contributed by atoms with Crippen LogP contribution in [0.25, 0.3) is 0 Å². The second kappa shape index (κ2) is 6.15. The van der Waals surface area contributed by atoms with Crippen molar-refractivity contribution in [2.24, 2.45) is 0 Å². The second-order valence-electron chi connectivity index (χ2n) is 3.87. The highest BCUT2D eigenvalue weighted by molar-refractivity contribution is 9.10. The molecule has 1 aromatic rings. The first-order chi connectivity index (χ1) is 7.56. The molecule has 1 rings (SSSR count). The number of nitrogens with one attached hydrogen (secondary N) is 1. The van der Waals surface area contributed by atoms with Crippen LogP contribution < -0.4 is 10.9 Å². The van der Waals surface area contributed by atoms with E-state index in [1.54, 1.807) is 10.8 Å². The van der Waals surface area contributed by atoms with Crippen molar-refractivity contribution >= 4 is 15.9 Å². The molecule has 5 heteroatoms. The molecule has 90 valence electrons. The fraction of sp³-hybridized carbons (Fsp3) is 0.636. The van der Waals surface area contributed by atoms with Crippen molar-refractivity contribution in [1.82, 2.24) is 14.9 Å². The summed E-state index contributed by atoms with van der Waals surface area (Å²) in [5.41, 5.74) is -0.0153. The van der Waals surface area contributed by atoms with Crippen LogP contribution in [0.3, 0.4) is 0 Å². The molecule has 0 spiro atoms. The van der Waals surface area contributed by atoms with Crippen LogP contribution in [-0.2, 0) is 6.54 Å². The SMILES string of the molecule is CCC(C)NCCn1c(C)ncc(Br)c1=O. The van der Waals surface area contributed by atoms with Gasteiger partial charge in [-0.15, -0.1) is 0 Å². The van der Waals surface area contributed by atoms with Gasteiger partial charge in [-0.05, 0) is 36.2 Å². The van der Waals surface area contributed by atoms with Crippen molar-refractivity contribution in [3.05, 3.63) is 26.8 Å². The first kappa shape index (κ1) is 13.4. The Morgan fingerprint density at radius 2 is 2.31 bits per heavy atom. The molecule has 0 aliphatic carbocycles. The summed E-state index contributed by atoms with van der Waals surface area (Å²) < 4.78 is 2.20. The van der Waals surface area contributed by atoms with Gasteiger partial charge in [-0.1, -0.05) is 6.92 Å². The maximum atomic E-state index is 11.8. The van der Waals surface area contributed by atoms with E-state index >= 15 is 0 Å². The van der Waals surface area contributed by atoms with E-state index in [2.05, 4.69) is 40.1 Å². The molecule has 0 aliphatic heterocycles. The topological polar surface area (TPSA) is 46.9 Å². The molecule has 0 amide bonds. The zero-order valence-electron chi connectivity index (χ0n) is 9.96. The van der Waals surface area contributed by atoms with Crippen molar-refractivity contribution in [1.29, 1.82) is 0 Å². The van der Waals surface area contributed by atoms with Crippen LogP contribution in [0.15, 0.2) is 15.5 Å². The molecule has 1 N–H and O–H groups in total. The quantitative estimate of drug-likeness (QED) is 0.897. The summed E-state index contributed by atoms with van der Waals surface area (Å²) in [6, 6.07) is 0.483. The molecule has 0 fully saturated rings. The molecule has 0 saturated carbocycles. The maximum absolute atomic E-state index is 11.8. The lowest BCUT2D eigenvalue weighted by molar-refractivity contribution is 0.492. The van der Waals surface area contributed by atoms with E-state index in [0.717, 1.165) is 18.8 Å². The first-order valence-corrected chi connectivity index (χ1v) is 6.30. The summed E-state index contributed by atoms with van der Waals surface area (Å²) in [4.78, 5) is 15.9. The number of aryl methyl sites for hydroxylation is 1. The lowest BCUT2D eigenvalue weighted by Gasteiger charge is -2.13. The molecule has 1 atom stereocenters. The third-order valence-corrected chi connectivity index (χ3v) is 3.19. The number of nitrogens with zero attached hydrogens (tertiary/aromatic N) is 2. The second-order valence-corrected chi connectivity index (χ2v) is 4.73. The molecule has 0 saturated heterocycles. The van der Waals surface area contributed by atoms with Crippen LogP contribution in [-0.4, -0.2) is 22.1 Å². The van der Waals surface area contributed by atoms with Gasteiger partial charge in [-0.3, -0.25) is 9.36 Å². The predicted octanol–water partition coefficient (Wildman–Crippen LogP) is 1.70. The Bertz CT molecular complexity index is 403. The highest BCUT2D eigenvalue weighted by Crippen LogP contribution is 2.01. The zero-order chi connectivity index (χ0) is 12.1. The molecule has 0 radical (unpaired) electrons. The van der Waals surface area contributed by atoms with Gasteiger partial charge in [0.15, 0.2) is 0 Å². The van der Waals surface area contributed by atoms with E-state index in [1.165, 1.54) is 0 Å². The first-order valence-electron chi connectivity index (χ1n) is 5.51. The van der Waals surface area contributed by atoms with Crippen molar-refractivity contribution in [3.8, 4) is 0 Å². The van der Waals surface area contributed by atoms with Gasteiger partial charge in [-0.25, -0.2) is 4.98 Å². The summed E-state index contributed by atoms with van der Waals surface area (Å²) in [5.74, 6) is 0.749. The van der Waals surface area contributed by atoms with Crippen LogP contribution in [0.5, 0.6) is 0 Å². The van der Waals surface area contributed by atoms with E-state index in [4.69, 9.17) is 0 Å². The smallest absolute Gasteiger partial charge is 0.267 e. The number of hydrogen-bond donors (Lipinski definition) is 1. The average molecular weight is 288 g/mol. The Morgan fingerprint density at radius 3 is 2.94 bits per heavy atom. The molecule has 1 unspecified atom stereocenters. The van der Waals surface area contributed by atoms with Gasteiger partial charge in [-0.2, -0.15) is 0 Å². The molecular weight excluding hydrogens is 270 g/mol. The Balaban J connectivity index is 2.67. The normalized spacial score (nSPS) is 12.8. The molecular formula is C11H18BrN3O. The van der Waals surface area contributed by atoms with Crippen LogP contribution >= 0.6 is 15.9 Å². The molecule has 0 aromatic carbocycles. The van der Waals surface area contributed by atoms with Crippen LogP contribution in [0.4, 0.5) is 0 Å². The molecule has 4 nitrogen and oxygen atoms in total. The Morgan fingerprint density at radius 1 is 1.62 bits per heavy atom. The van der Waals surface area contributed by atoms with Crippen molar-refractivity contribution < 1.29 is 0 Å². The lowest BCUT2D eigenvalue weighted by Crippen LogP contribution is -2.33. The third kappa shape index (κ3) is 3.42. The monoisotopic (exact) mass is 287 g/mol. The van der Waals surface area contributed by atoms with Crippen LogP contribution in [0.1, 0.15) is 26.1 Å². The zero-order valence-corrected chi connectivity index (χ0v) is 11.5. The molecule has 0 bridgehead atoms.